The molecule has 0 rings (SSSR count). The van der Waals surface area contributed by atoms with Gasteiger partial charge in [-0.05, 0) is 13.8 Å². The van der Waals surface area contributed by atoms with Crippen LogP contribution in [0.25, 0.3) is 0 Å². The van der Waals surface area contributed by atoms with Crippen LogP contribution >= 0.6 is 0 Å². The number of hydrogen-bond donors (Lipinski definition) is 4. The van der Waals surface area contributed by atoms with Crippen molar-refractivity contribution in [3.05, 3.63) is 0 Å². The molecule has 0 radical (unpaired) electrons. The summed E-state index contributed by atoms with van der Waals surface area (Å²) in [6, 6.07) is 0. The number of aliphatic hydroxyl groups excluding tert-OH is 4. The first-order chi connectivity index (χ1) is 10.7. The van der Waals surface area contributed by atoms with Crippen LogP contribution in [0.4, 0.5) is 0 Å². The maximum absolute atomic E-state index is 8.38. The van der Waals surface area contributed by atoms with Crippen LogP contribution in [-0.2, 0) is 19.4 Å². The van der Waals surface area contributed by atoms with E-state index >= 15 is 0 Å². The van der Waals surface area contributed by atoms with Gasteiger partial charge in [0.05, 0.1) is 52.9 Å². The molecule has 0 aliphatic carbocycles. The summed E-state index contributed by atoms with van der Waals surface area (Å²) in [6.07, 6.45) is 0. The van der Waals surface area contributed by atoms with Crippen LogP contribution in [0.1, 0.15) is 13.8 Å². The van der Waals surface area contributed by atoms with Crippen molar-refractivity contribution in [1.82, 2.24) is 10.5 Å². The van der Waals surface area contributed by atoms with E-state index in [2.05, 4.69) is 0 Å². The lowest BCUT2D eigenvalue weighted by Gasteiger charge is -2.17. The van der Waals surface area contributed by atoms with Crippen LogP contribution in [-0.4, -0.2) is 96.8 Å². The largest absolute Gasteiger partial charge is 0.394 e. The van der Waals surface area contributed by atoms with Crippen molar-refractivity contribution in [3.8, 4) is 0 Å². The third-order valence-corrected chi connectivity index (χ3v) is 1.82. The molecule has 0 spiro atoms. The van der Waals surface area contributed by atoms with Gasteiger partial charge in [-0.1, -0.05) is 10.5 Å². The van der Waals surface area contributed by atoms with Gasteiger partial charge in [-0.3, -0.25) is 19.4 Å². The Labute approximate surface area is 131 Å². The molecule has 0 heterocycles. The Morgan fingerprint density at radius 3 is 0.909 bits per heavy atom. The molecule has 0 amide bonds. The highest BCUT2D eigenvalue weighted by Crippen LogP contribution is 1.91. The van der Waals surface area contributed by atoms with Gasteiger partial charge < -0.3 is 20.4 Å². The Morgan fingerprint density at radius 1 is 0.545 bits per heavy atom. The Hall–Kier alpha value is -0.400. The van der Waals surface area contributed by atoms with Crippen LogP contribution in [0.3, 0.4) is 0 Å². The molecule has 0 aromatic rings. The average molecular weight is 330 g/mol. The van der Waals surface area contributed by atoms with Crippen LogP contribution in [0.5, 0.6) is 0 Å². The summed E-state index contributed by atoms with van der Waals surface area (Å²) < 4.78 is 0. The summed E-state index contributed by atoms with van der Waals surface area (Å²) in [5.41, 5.74) is 0. The normalized spacial score (nSPS) is 10.9. The van der Waals surface area contributed by atoms with Gasteiger partial charge in [0, 0.05) is 13.1 Å². The predicted octanol–water partition coefficient (Wildman–Crippen LogP) is -1.69. The average Bonchev–Trinajstić information content (AvgIpc) is 2.56. The summed E-state index contributed by atoms with van der Waals surface area (Å²) in [4.78, 5) is 19.6. The summed E-state index contributed by atoms with van der Waals surface area (Å²) in [6.45, 7) is 5.45. The molecular formula is C12H30N2O8. The van der Waals surface area contributed by atoms with Gasteiger partial charge in [-0.25, -0.2) is 0 Å². The minimum absolute atomic E-state index is 0.0427. The van der Waals surface area contributed by atoms with Gasteiger partial charge >= 0.3 is 0 Å². The summed E-state index contributed by atoms with van der Waals surface area (Å²) in [5.74, 6) is 0. The van der Waals surface area contributed by atoms with Crippen LogP contribution < -0.4 is 0 Å². The first kappa shape index (κ1) is 23.9. The topological polar surface area (TPSA) is 124 Å². The van der Waals surface area contributed by atoms with Crippen molar-refractivity contribution in [3.63, 3.8) is 0 Å². The highest BCUT2D eigenvalue weighted by Gasteiger charge is 2.01. The van der Waals surface area contributed by atoms with Gasteiger partial charge in [0.1, 0.15) is 0 Å². The fourth-order valence-corrected chi connectivity index (χ4v) is 1.01. The minimum atomic E-state index is -0.0427. The van der Waals surface area contributed by atoms with Crippen LogP contribution in [0.15, 0.2) is 0 Å². The van der Waals surface area contributed by atoms with E-state index in [-0.39, 0.29) is 52.9 Å². The Morgan fingerprint density at radius 2 is 0.773 bits per heavy atom. The van der Waals surface area contributed by atoms with Crippen molar-refractivity contribution in [2.75, 3.05) is 65.9 Å². The zero-order chi connectivity index (χ0) is 17.1. The second-order valence-corrected chi connectivity index (χ2v) is 3.53. The molecule has 136 valence electrons. The van der Waals surface area contributed by atoms with E-state index in [4.69, 9.17) is 39.8 Å². The zero-order valence-electron chi connectivity index (χ0n) is 13.4. The molecule has 0 unspecified atom stereocenters. The van der Waals surface area contributed by atoms with Crippen molar-refractivity contribution < 1.29 is 39.8 Å². The molecule has 0 bridgehead atoms. The number of hydroxylamine groups is 4. The molecule has 22 heavy (non-hydrogen) atoms. The molecule has 0 saturated heterocycles. The molecule has 4 N–H and O–H groups in total. The van der Waals surface area contributed by atoms with E-state index in [1.54, 1.807) is 0 Å². The highest BCUT2D eigenvalue weighted by molar-refractivity contribution is 4.25. The fraction of sp³-hybridized carbons (Fsp3) is 1.00. The van der Waals surface area contributed by atoms with E-state index < -0.39 is 0 Å². The smallest absolute Gasteiger partial charge is 0.0942 e. The van der Waals surface area contributed by atoms with E-state index in [9.17, 15) is 0 Å². The van der Waals surface area contributed by atoms with E-state index in [1.165, 1.54) is 10.5 Å². The molecule has 0 aromatic carbocycles. The number of rotatable bonds is 14. The van der Waals surface area contributed by atoms with Gasteiger partial charge in [-0.2, -0.15) is 0 Å². The maximum Gasteiger partial charge on any atom is 0.0942 e. The molecule has 10 nitrogen and oxygen atoms in total. The Balaban J connectivity index is 0. The van der Waals surface area contributed by atoms with Gasteiger partial charge in [-0.15, -0.1) is 0 Å². The van der Waals surface area contributed by atoms with Crippen molar-refractivity contribution in [2.45, 2.75) is 13.8 Å². The lowest BCUT2D eigenvalue weighted by Crippen LogP contribution is -2.26. The molecule has 0 aliphatic heterocycles. The third-order valence-electron chi connectivity index (χ3n) is 1.82. The second-order valence-electron chi connectivity index (χ2n) is 3.53. The molecule has 10 heteroatoms. The molecular weight excluding hydrogens is 300 g/mol. The predicted molar refractivity (Wildman–Crippen MR) is 76.9 cm³/mol. The van der Waals surface area contributed by atoms with E-state index in [1.807, 2.05) is 13.8 Å². The zero-order valence-corrected chi connectivity index (χ0v) is 13.4. The standard InChI is InChI=1S/2C6H15NO4/c2*1-2-7(10-5-3-8)11-6-4-9/h2*8-9H,2-6H2,1H3. The van der Waals surface area contributed by atoms with Crippen LogP contribution in [0.2, 0.25) is 0 Å². The SMILES string of the molecule is CCN(OCCO)OCCO.CCN(OCCO)OCCO. The molecule has 0 aromatic heterocycles. The van der Waals surface area contributed by atoms with Crippen molar-refractivity contribution >= 4 is 0 Å². The van der Waals surface area contributed by atoms with Gasteiger partial charge in [0.25, 0.3) is 0 Å². The summed E-state index contributed by atoms with van der Waals surface area (Å²) in [5, 5.41) is 36.0. The first-order valence-electron chi connectivity index (χ1n) is 7.20. The monoisotopic (exact) mass is 330 g/mol. The molecule has 0 saturated carbocycles. The lowest BCUT2D eigenvalue weighted by molar-refractivity contribution is -0.369. The molecule has 0 fully saturated rings. The maximum atomic E-state index is 8.38. The number of aliphatic hydroxyl groups is 4. The summed E-state index contributed by atoms with van der Waals surface area (Å²) in [7, 11) is 0. The Bertz CT molecular complexity index is 166. The van der Waals surface area contributed by atoms with E-state index in [0.717, 1.165) is 0 Å². The number of hydrogen-bond acceptors (Lipinski definition) is 10. The van der Waals surface area contributed by atoms with Crippen LogP contribution in [0, 0.1) is 0 Å². The lowest BCUT2D eigenvalue weighted by atomic mass is 10.8. The number of nitrogens with zero attached hydrogens (tertiary/aromatic N) is 2. The van der Waals surface area contributed by atoms with E-state index in [0.29, 0.717) is 13.1 Å². The van der Waals surface area contributed by atoms with Gasteiger partial charge in [0.15, 0.2) is 0 Å². The third kappa shape index (κ3) is 17.7. The fourth-order valence-electron chi connectivity index (χ4n) is 1.01. The minimum Gasteiger partial charge on any atom is -0.394 e. The quantitative estimate of drug-likeness (QED) is 0.274. The molecule has 0 aliphatic rings. The van der Waals surface area contributed by atoms with Crippen molar-refractivity contribution in [2.24, 2.45) is 0 Å². The highest BCUT2D eigenvalue weighted by atomic mass is 17.0. The Kier molecular flexibility index (Phi) is 22.3. The van der Waals surface area contributed by atoms with Crippen molar-refractivity contribution in [1.29, 1.82) is 0 Å². The first-order valence-corrected chi connectivity index (χ1v) is 7.20. The van der Waals surface area contributed by atoms with Gasteiger partial charge in [0.2, 0.25) is 0 Å². The summed E-state index contributed by atoms with van der Waals surface area (Å²) >= 11 is 0. The second kappa shape index (κ2) is 20.6. The molecule has 0 atom stereocenters.